The minimum absolute atomic E-state index is 0.0706. The van der Waals surface area contributed by atoms with E-state index >= 15 is 0 Å². The summed E-state index contributed by atoms with van der Waals surface area (Å²) in [7, 11) is -2.31. The summed E-state index contributed by atoms with van der Waals surface area (Å²) < 4.78 is 43.5. The number of carbonyl (C=O) groups excluding carboxylic acids is 1. The number of ether oxygens (including phenoxy) is 1. The highest BCUT2D eigenvalue weighted by Crippen LogP contribution is 2.29. The van der Waals surface area contributed by atoms with E-state index in [4.69, 9.17) is 13.7 Å². The Hall–Kier alpha value is -3.50. The number of benzene rings is 2. The number of likely N-dealkylation sites (N-methyl/N-ethyl adjacent to an activating group) is 1. The molecule has 9 nitrogen and oxygen atoms in total. The number of aryl methyl sites for hydroxylation is 2. The Labute approximate surface area is 197 Å². The molecule has 0 N–H and O–H groups in total. The Bertz CT molecular complexity index is 1450. The van der Waals surface area contributed by atoms with Crippen LogP contribution in [0.25, 0.3) is 22.4 Å². The van der Waals surface area contributed by atoms with Crippen molar-refractivity contribution >= 4 is 27.0 Å². The monoisotopic (exact) mass is 483 g/mol. The van der Waals surface area contributed by atoms with Crippen LogP contribution in [-0.4, -0.2) is 49.0 Å². The zero-order chi connectivity index (χ0) is 24.5. The van der Waals surface area contributed by atoms with E-state index in [0.717, 1.165) is 11.1 Å². The summed E-state index contributed by atoms with van der Waals surface area (Å²) in [5.74, 6) is 0.297. The summed E-state index contributed by atoms with van der Waals surface area (Å²) in [5.41, 5.74) is 2.83. The van der Waals surface area contributed by atoms with Crippen LogP contribution in [0, 0.1) is 13.8 Å². The van der Waals surface area contributed by atoms with E-state index in [1.807, 2.05) is 31.2 Å². The van der Waals surface area contributed by atoms with Gasteiger partial charge in [-0.15, -0.1) is 0 Å². The predicted octanol–water partition coefficient (Wildman–Crippen LogP) is 4.14. The third-order valence-electron chi connectivity index (χ3n) is 5.46. The molecule has 0 saturated heterocycles. The Balaban J connectivity index is 1.50. The highest BCUT2D eigenvalue weighted by molar-refractivity contribution is 7.89. The molecule has 10 heteroatoms. The fraction of sp³-hybridized carbons (Fsp3) is 0.292. The highest BCUT2D eigenvalue weighted by Gasteiger charge is 2.25. The van der Waals surface area contributed by atoms with Crippen LogP contribution in [0.5, 0.6) is 0 Å². The Morgan fingerprint density at radius 2 is 1.94 bits per heavy atom. The number of hydrogen-bond acceptors (Lipinski definition) is 8. The molecule has 0 radical (unpaired) electrons. The van der Waals surface area contributed by atoms with Crippen LogP contribution in [0.2, 0.25) is 0 Å². The van der Waals surface area contributed by atoms with Gasteiger partial charge in [0.2, 0.25) is 15.8 Å². The van der Waals surface area contributed by atoms with Gasteiger partial charge in [0.25, 0.3) is 5.89 Å². The third-order valence-corrected chi connectivity index (χ3v) is 7.31. The summed E-state index contributed by atoms with van der Waals surface area (Å²) in [6.45, 7) is 5.74. The average molecular weight is 484 g/mol. The van der Waals surface area contributed by atoms with E-state index < -0.39 is 16.0 Å². The molecular formula is C24H25N3O6S. The van der Waals surface area contributed by atoms with Crippen molar-refractivity contribution in [2.75, 3.05) is 20.2 Å². The van der Waals surface area contributed by atoms with E-state index in [2.05, 4.69) is 10.1 Å². The molecule has 0 atom stereocenters. The number of rotatable bonds is 8. The van der Waals surface area contributed by atoms with Crippen molar-refractivity contribution in [2.24, 2.45) is 0 Å². The lowest BCUT2D eigenvalue weighted by atomic mass is 10.1. The molecule has 0 amide bonds. The quantitative estimate of drug-likeness (QED) is 0.343. The molecule has 0 unspecified atom stereocenters. The molecule has 0 aliphatic carbocycles. The maximum Gasteiger partial charge on any atom is 0.374 e. The van der Waals surface area contributed by atoms with E-state index in [0.29, 0.717) is 28.2 Å². The lowest BCUT2D eigenvalue weighted by molar-refractivity contribution is 0.0491. The van der Waals surface area contributed by atoms with Gasteiger partial charge in [-0.2, -0.15) is 4.98 Å². The first-order chi connectivity index (χ1) is 16.2. The number of furan rings is 1. The smallest absolute Gasteiger partial charge is 0.374 e. The number of fused-ring (bicyclic) bond motifs is 1. The largest absolute Gasteiger partial charge is 0.460 e. The summed E-state index contributed by atoms with van der Waals surface area (Å²) in [6, 6.07) is 12.2. The maximum absolute atomic E-state index is 13.2. The topological polar surface area (TPSA) is 116 Å². The van der Waals surface area contributed by atoms with Gasteiger partial charge in [-0.25, -0.2) is 17.5 Å². The standard InChI is InChI=1S/C24H25N3O6S/c1-5-31-24(28)22-16(3)19-14-18(9-10-20(19)32-22)34(29,30)27(4)12-11-21-25-23(33-26-21)17-8-6-7-15(2)13-17/h6-10,13-14H,5,11-12H2,1-4H3. The normalized spacial score (nSPS) is 11.9. The Morgan fingerprint density at radius 3 is 2.68 bits per heavy atom. The second-order valence-electron chi connectivity index (χ2n) is 7.90. The van der Waals surface area contributed by atoms with Crippen LogP contribution >= 0.6 is 0 Å². The van der Waals surface area contributed by atoms with Crippen LogP contribution in [0.4, 0.5) is 0 Å². The summed E-state index contributed by atoms with van der Waals surface area (Å²) >= 11 is 0. The summed E-state index contributed by atoms with van der Waals surface area (Å²) in [4.78, 5) is 16.6. The Morgan fingerprint density at radius 1 is 1.15 bits per heavy atom. The van der Waals surface area contributed by atoms with Gasteiger partial charge in [0, 0.05) is 36.5 Å². The number of sulfonamides is 1. The maximum atomic E-state index is 13.2. The van der Waals surface area contributed by atoms with Gasteiger partial charge in [0.05, 0.1) is 11.5 Å². The van der Waals surface area contributed by atoms with Crippen LogP contribution in [0.3, 0.4) is 0 Å². The molecule has 34 heavy (non-hydrogen) atoms. The fourth-order valence-electron chi connectivity index (χ4n) is 3.56. The molecule has 4 aromatic rings. The number of esters is 1. The second kappa shape index (κ2) is 9.40. The zero-order valence-corrected chi connectivity index (χ0v) is 20.2. The number of carbonyl (C=O) groups is 1. The summed E-state index contributed by atoms with van der Waals surface area (Å²) in [5, 5.41) is 4.51. The van der Waals surface area contributed by atoms with Gasteiger partial charge < -0.3 is 13.7 Å². The molecule has 0 saturated carbocycles. The van der Waals surface area contributed by atoms with Crippen molar-refractivity contribution in [2.45, 2.75) is 32.1 Å². The lowest BCUT2D eigenvalue weighted by Gasteiger charge is -2.16. The SMILES string of the molecule is CCOC(=O)c1oc2ccc(S(=O)(=O)N(C)CCc3noc(-c4cccc(C)c4)n3)cc2c1C. The minimum Gasteiger partial charge on any atom is -0.460 e. The predicted molar refractivity (Wildman–Crippen MR) is 125 cm³/mol. The summed E-state index contributed by atoms with van der Waals surface area (Å²) in [6.07, 6.45) is 0.283. The van der Waals surface area contributed by atoms with Gasteiger partial charge in [0.15, 0.2) is 5.82 Å². The molecule has 0 fully saturated rings. The van der Waals surface area contributed by atoms with E-state index in [1.165, 1.54) is 23.5 Å². The van der Waals surface area contributed by atoms with Gasteiger partial charge in [0.1, 0.15) is 5.58 Å². The molecule has 178 valence electrons. The third kappa shape index (κ3) is 4.59. The highest BCUT2D eigenvalue weighted by atomic mass is 32.2. The van der Waals surface area contributed by atoms with Gasteiger partial charge in [-0.3, -0.25) is 0 Å². The lowest BCUT2D eigenvalue weighted by Crippen LogP contribution is -2.29. The zero-order valence-electron chi connectivity index (χ0n) is 19.4. The molecule has 2 aromatic carbocycles. The number of hydrogen-bond donors (Lipinski definition) is 0. The van der Waals surface area contributed by atoms with Crippen molar-refractivity contribution in [1.82, 2.24) is 14.4 Å². The molecule has 0 aliphatic heterocycles. The molecule has 0 spiro atoms. The number of nitrogens with zero attached hydrogens (tertiary/aromatic N) is 3. The van der Waals surface area contributed by atoms with Crippen molar-refractivity contribution in [3.05, 3.63) is 65.2 Å². The molecule has 4 rings (SSSR count). The van der Waals surface area contributed by atoms with Crippen LogP contribution in [-0.2, 0) is 21.2 Å². The Kier molecular flexibility index (Phi) is 6.54. The molecule has 2 aromatic heterocycles. The fourth-order valence-corrected chi connectivity index (χ4v) is 4.76. The second-order valence-corrected chi connectivity index (χ2v) is 9.94. The first-order valence-corrected chi connectivity index (χ1v) is 12.2. The van der Waals surface area contributed by atoms with Crippen molar-refractivity contribution in [3.63, 3.8) is 0 Å². The molecular weight excluding hydrogens is 458 g/mol. The van der Waals surface area contributed by atoms with E-state index in [-0.39, 0.29) is 30.2 Å². The van der Waals surface area contributed by atoms with Crippen molar-refractivity contribution < 1.29 is 26.9 Å². The molecule has 0 bridgehead atoms. The first-order valence-electron chi connectivity index (χ1n) is 10.8. The van der Waals surface area contributed by atoms with E-state index in [1.54, 1.807) is 19.9 Å². The van der Waals surface area contributed by atoms with Crippen LogP contribution in [0.1, 0.15) is 34.4 Å². The molecule has 2 heterocycles. The van der Waals surface area contributed by atoms with Crippen molar-refractivity contribution in [3.8, 4) is 11.5 Å². The molecule has 0 aliphatic rings. The van der Waals surface area contributed by atoms with Crippen LogP contribution in [0.15, 0.2) is 56.3 Å². The number of aromatic nitrogens is 2. The van der Waals surface area contributed by atoms with Gasteiger partial charge in [-0.05, 0) is 51.1 Å². The minimum atomic E-state index is -3.80. The van der Waals surface area contributed by atoms with Gasteiger partial charge in [-0.1, -0.05) is 22.9 Å². The van der Waals surface area contributed by atoms with Gasteiger partial charge >= 0.3 is 5.97 Å². The van der Waals surface area contributed by atoms with Crippen LogP contribution < -0.4 is 0 Å². The van der Waals surface area contributed by atoms with Crippen molar-refractivity contribution in [1.29, 1.82) is 0 Å². The average Bonchev–Trinajstić information content (AvgIpc) is 3.42. The first kappa shape index (κ1) is 23.7. The van der Waals surface area contributed by atoms with E-state index in [9.17, 15) is 13.2 Å².